The first-order chi connectivity index (χ1) is 13.4. The number of halogens is 2. The predicted molar refractivity (Wildman–Crippen MR) is 112 cm³/mol. The lowest BCUT2D eigenvalue weighted by Gasteiger charge is -2.15. The van der Waals surface area contributed by atoms with E-state index in [9.17, 15) is 4.79 Å². The Kier molecular flexibility index (Phi) is 6.20. The normalized spacial score (nSPS) is 11.4. The smallest absolute Gasteiger partial charge is 0.265 e. The molecule has 0 saturated heterocycles. The third kappa shape index (κ3) is 5.04. The van der Waals surface area contributed by atoms with Gasteiger partial charge in [0.05, 0.1) is 11.6 Å². The van der Waals surface area contributed by atoms with E-state index >= 15 is 0 Å². The molecule has 1 amide bonds. The minimum Gasteiger partial charge on any atom is -0.481 e. The molecule has 0 aliphatic carbocycles. The molecule has 3 rings (SSSR count). The highest BCUT2D eigenvalue weighted by molar-refractivity contribution is 6.35. The number of carbonyl (C=O) groups is 1. The number of rotatable bonds is 5. The number of benzene rings is 3. The molecule has 1 atom stereocenters. The average Bonchev–Trinajstić information content (AvgIpc) is 2.68. The van der Waals surface area contributed by atoms with Crippen LogP contribution in [0.15, 0.2) is 66.7 Å². The number of carbonyl (C=O) groups excluding carboxylic acids is 1. The summed E-state index contributed by atoms with van der Waals surface area (Å²) >= 11 is 11.9. The van der Waals surface area contributed by atoms with Gasteiger partial charge in [-0.2, -0.15) is 5.26 Å². The van der Waals surface area contributed by atoms with Crippen LogP contribution < -0.4 is 10.1 Å². The second-order valence-electron chi connectivity index (χ2n) is 6.12. The molecule has 3 aromatic rings. The quantitative estimate of drug-likeness (QED) is 0.565. The second-order valence-corrected chi connectivity index (χ2v) is 6.99. The molecule has 0 unspecified atom stereocenters. The molecule has 0 radical (unpaired) electrons. The molecule has 140 valence electrons. The van der Waals surface area contributed by atoms with Crippen LogP contribution >= 0.6 is 23.2 Å². The van der Waals surface area contributed by atoms with E-state index in [1.165, 1.54) is 0 Å². The van der Waals surface area contributed by atoms with Crippen molar-refractivity contribution in [1.82, 2.24) is 0 Å². The Morgan fingerprint density at radius 1 is 0.964 bits per heavy atom. The molecule has 0 saturated carbocycles. The Balaban J connectivity index is 1.64. The van der Waals surface area contributed by atoms with E-state index in [0.717, 1.165) is 11.1 Å². The van der Waals surface area contributed by atoms with Crippen molar-refractivity contribution in [3.05, 3.63) is 82.3 Å². The van der Waals surface area contributed by atoms with Crippen LogP contribution in [-0.4, -0.2) is 12.0 Å². The molecule has 28 heavy (non-hydrogen) atoms. The number of hydrogen-bond donors (Lipinski definition) is 1. The van der Waals surface area contributed by atoms with Crippen LogP contribution in [-0.2, 0) is 4.79 Å². The molecule has 0 bridgehead atoms. The van der Waals surface area contributed by atoms with Gasteiger partial charge in [0.15, 0.2) is 6.10 Å². The van der Waals surface area contributed by atoms with E-state index in [0.29, 0.717) is 27.0 Å². The van der Waals surface area contributed by atoms with Crippen molar-refractivity contribution >= 4 is 34.8 Å². The maximum atomic E-state index is 12.3. The van der Waals surface area contributed by atoms with Crippen LogP contribution in [0.4, 0.5) is 5.69 Å². The van der Waals surface area contributed by atoms with Crippen molar-refractivity contribution in [3.8, 4) is 22.9 Å². The number of nitrogens with zero attached hydrogens (tertiary/aromatic N) is 1. The van der Waals surface area contributed by atoms with Gasteiger partial charge in [0.25, 0.3) is 5.91 Å². The summed E-state index contributed by atoms with van der Waals surface area (Å²) in [5.74, 6) is 0.263. The third-order valence-electron chi connectivity index (χ3n) is 4.01. The molecular formula is C22H16Cl2N2O2. The molecule has 0 aromatic heterocycles. The van der Waals surface area contributed by atoms with E-state index in [-0.39, 0.29) is 5.91 Å². The van der Waals surface area contributed by atoms with E-state index in [4.69, 9.17) is 33.2 Å². The minimum atomic E-state index is -0.710. The number of hydrogen-bond acceptors (Lipinski definition) is 3. The number of nitrogens with one attached hydrogen (secondary N) is 1. The number of nitriles is 1. The topological polar surface area (TPSA) is 62.1 Å². The zero-order chi connectivity index (χ0) is 20.1. The summed E-state index contributed by atoms with van der Waals surface area (Å²) in [6.45, 7) is 1.66. The first kappa shape index (κ1) is 19.8. The van der Waals surface area contributed by atoms with Crippen molar-refractivity contribution in [2.24, 2.45) is 0 Å². The summed E-state index contributed by atoms with van der Waals surface area (Å²) in [7, 11) is 0. The van der Waals surface area contributed by atoms with Crippen molar-refractivity contribution in [2.45, 2.75) is 13.0 Å². The predicted octanol–water partition coefficient (Wildman–Crippen LogP) is 5.94. The SMILES string of the molecule is C[C@@H](Oc1ccc(-c2ccc(C#N)cc2)cc1)C(=O)Nc1cc(Cl)cc(Cl)c1. The molecule has 0 fully saturated rings. The maximum absolute atomic E-state index is 12.3. The minimum absolute atomic E-state index is 0.311. The summed E-state index contributed by atoms with van der Waals surface area (Å²) in [5.41, 5.74) is 3.11. The first-order valence-electron chi connectivity index (χ1n) is 8.49. The Hall–Kier alpha value is -3.00. The highest BCUT2D eigenvalue weighted by atomic mass is 35.5. The largest absolute Gasteiger partial charge is 0.481 e. The fourth-order valence-corrected chi connectivity index (χ4v) is 3.12. The van der Waals surface area contributed by atoms with Crippen LogP contribution in [0.3, 0.4) is 0 Å². The van der Waals surface area contributed by atoms with E-state index in [1.807, 2.05) is 24.3 Å². The molecule has 0 heterocycles. The second kappa shape index (κ2) is 8.79. The molecule has 4 nitrogen and oxygen atoms in total. The fraction of sp³-hybridized carbons (Fsp3) is 0.0909. The Labute approximate surface area is 173 Å². The van der Waals surface area contributed by atoms with Gasteiger partial charge in [-0.1, -0.05) is 47.5 Å². The van der Waals surface area contributed by atoms with Crippen LogP contribution in [0.5, 0.6) is 5.75 Å². The fourth-order valence-electron chi connectivity index (χ4n) is 2.59. The third-order valence-corrected chi connectivity index (χ3v) is 4.45. The number of amides is 1. The summed E-state index contributed by atoms with van der Waals surface area (Å²) < 4.78 is 5.72. The number of anilines is 1. The van der Waals surface area contributed by atoms with Gasteiger partial charge in [0.1, 0.15) is 5.75 Å². The zero-order valence-corrected chi connectivity index (χ0v) is 16.5. The standard InChI is InChI=1S/C22H16Cl2N2O2/c1-14(22(27)26-20-11-18(23)10-19(24)12-20)28-21-8-6-17(7-9-21)16-4-2-15(13-25)3-5-16/h2-12,14H,1H3,(H,26,27)/t14-/m1/s1. The van der Waals surface area contributed by atoms with Gasteiger partial charge < -0.3 is 10.1 Å². The van der Waals surface area contributed by atoms with Gasteiger partial charge in [0, 0.05) is 15.7 Å². The van der Waals surface area contributed by atoms with Gasteiger partial charge in [-0.15, -0.1) is 0 Å². The van der Waals surface area contributed by atoms with E-state index < -0.39 is 6.10 Å². The van der Waals surface area contributed by atoms with E-state index in [2.05, 4.69) is 11.4 Å². The van der Waals surface area contributed by atoms with Crippen molar-refractivity contribution in [2.75, 3.05) is 5.32 Å². The zero-order valence-electron chi connectivity index (χ0n) is 14.9. The molecule has 1 N–H and O–H groups in total. The average molecular weight is 411 g/mol. The lowest BCUT2D eigenvalue weighted by Crippen LogP contribution is -2.30. The molecular weight excluding hydrogens is 395 g/mol. The van der Waals surface area contributed by atoms with Crippen molar-refractivity contribution < 1.29 is 9.53 Å². The number of ether oxygens (including phenoxy) is 1. The van der Waals surface area contributed by atoms with Gasteiger partial charge in [-0.05, 0) is 60.5 Å². The van der Waals surface area contributed by atoms with Crippen LogP contribution in [0, 0.1) is 11.3 Å². The van der Waals surface area contributed by atoms with Gasteiger partial charge in [-0.3, -0.25) is 4.79 Å². The summed E-state index contributed by atoms with van der Waals surface area (Å²) in [6.07, 6.45) is -0.710. The molecule has 0 aliphatic heterocycles. The molecule has 6 heteroatoms. The van der Waals surface area contributed by atoms with Crippen LogP contribution in [0.2, 0.25) is 10.0 Å². The van der Waals surface area contributed by atoms with Crippen LogP contribution in [0.25, 0.3) is 11.1 Å². The summed E-state index contributed by atoms with van der Waals surface area (Å²) in [4.78, 5) is 12.3. The molecule has 0 spiro atoms. The van der Waals surface area contributed by atoms with E-state index in [1.54, 1.807) is 49.4 Å². The highest BCUT2D eigenvalue weighted by Crippen LogP contribution is 2.25. The van der Waals surface area contributed by atoms with Gasteiger partial charge in [-0.25, -0.2) is 0 Å². The van der Waals surface area contributed by atoms with Gasteiger partial charge >= 0.3 is 0 Å². The Morgan fingerprint density at radius 3 is 2.04 bits per heavy atom. The molecule has 3 aromatic carbocycles. The Bertz CT molecular complexity index is 1010. The molecule has 0 aliphatic rings. The lowest BCUT2D eigenvalue weighted by atomic mass is 10.0. The Morgan fingerprint density at radius 2 is 1.50 bits per heavy atom. The monoisotopic (exact) mass is 410 g/mol. The lowest BCUT2D eigenvalue weighted by molar-refractivity contribution is -0.122. The highest BCUT2D eigenvalue weighted by Gasteiger charge is 2.15. The van der Waals surface area contributed by atoms with Crippen LogP contribution in [0.1, 0.15) is 12.5 Å². The van der Waals surface area contributed by atoms with Crippen molar-refractivity contribution in [1.29, 1.82) is 5.26 Å². The summed E-state index contributed by atoms with van der Waals surface area (Å²) in [5, 5.41) is 12.5. The summed E-state index contributed by atoms with van der Waals surface area (Å²) in [6, 6.07) is 21.6. The van der Waals surface area contributed by atoms with Gasteiger partial charge in [0.2, 0.25) is 0 Å². The maximum Gasteiger partial charge on any atom is 0.265 e. The first-order valence-corrected chi connectivity index (χ1v) is 9.24. The van der Waals surface area contributed by atoms with Crippen molar-refractivity contribution in [3.63, 3.8) is 0 Å².